The summed E-state index contributed by atoms with van der Waals surface area (Å²) in [7, 11) is -4.27. The smallest absolute Gasteiger partial charge is 0.303 e. The van der Waals surface area contributed by atoms with Crippen LogP contribution in [0.2, 0.25) is 0 Å². The fraction of sp³-hybridized carbons (Fsp3) is 1.00. The second-order valence-corrected chi connectivity index (χ2v) is 3.62. The molecule has 0 aliphatic heterocycles. The first-order valence-electron chi connectivity index (χ1n) is 1.80. The molecule has 0 aromatic rings. The number of rotatable bonds is 2. The van der Waals surface area contributed by atoms with Crippen LogP contribution in [0.15, 0.2) is 0 Å². The van der Waals surface area contributed by atoms with Crippen molar-refractivity contribution < 1.29 is 18.9 Å². The lowest BCUT2D eigenvalue weighted by Gasteiger charge is -2.04. The van der Waals surface area contributed by atoms with Crippen LogP contribution in [0, 0.1) is 0 Å². The van der Waals surface area contributed by atoms with Crippen molar-refractivity contribution in [2.45, 2.75) is 11.9 Å². The molecule has 0 saturated carbocycles. The van der Waals surface area contributed by atoms with Crippen molar-refractivity contribution in [2.24, 2.45) is 0 Å². The Bertz CT molecular complexity index is 107. The highest BCUT2D eigenvalue weighted by Crippen LogP contribution is 2.38. The molecule has 0 bridgehead atoms. The maximum atomic E-state index is 9.88. The Labute approximate surface area is 55.2 Å². The molecule has 4 nitrogen and oxygen atoms in total. The van der Waals surface area contributed by atoms with E-state index in [1.807, 2.05) is 0 Å². The van der Waals surface area contributed by atoms with Crippen molar-refractivity contribution in [1.29, 1.82) is 0 Å². The largest absolute Gasteiger partial charge is 0.470 e. The van der Waals surface area contributed by atoms with Gasteiger partial charge in [0.2, 0.25) is 0 Å². The number of hydrogen-bond acceptors (Lipinski definition) is 2. The first kappa shape index (κ1) is 8.59. The van der Waals surface area contributed by atoms with Gasteiger partial charge in [-0.15, -0.1) is 0 Å². The molecule has 0 saturated heterocycles. The molecule has 50 valence electrons. The van der Waals surface area contributed by atoms with Crippen molar-refractivity contribution in [3.63, 3.8) is 0 Å². The van der Waals surface area contributed by atoms with Crippen LogP contribution in [0.25, 0.3) is 0 Å². The van der Waals surface area contributed by atoms with Gasteiger partial charge in [0.25, 0.3) is 0 Å². The number of phosphoric ester groups is 1. The highest BCUT2D eigenvalue weighted by Gasteiger charge is 2.15. The summed E-state index contributed by atoms with van der Waals surface area (Å²) < 4.78 is 13.9. The summed E-state index contributed by atoms with van der Waals surface area (Å²) in [6.07, 6.45) is 0. The molecule has 0 radical (unpaired) electrons. The molecule has 8 heavy (non-hydrogen) atoms. The average molecular weight is 205 g/mol. The number of phosphoric acid groups is 1. The fourth-order valence-corrected chi connectivity index (χ4v) is 1.22. The van der Waals surface area contributed by atoms with Crippen LogP contribution in [0.5, 0.6) is 0 Å². The average Bonchev–Trinajstić information content (AvgIpc) is 1.21. The minimum atomic E-state index is -4.27. The standard InChI is InChI=1S/C2H6BrO4P/c1-2(3)7-8(4,5)6/h2H,1H3,(H2,4,5,6). The van der Waals surface area contributed by atoms with Gasteiger partial charge in [-0.05, 0) is 6.92 Å². The molecule has 0 aliphatic rings. The van der Waals surface area contributed by atoms with Crippen molar-refractivity contribution in [2.75, 3.05) is 0 Å². The number of hydrogen-bond donors (Lipinski definition) is 2. The summed E-state index contributed by atoms with van der Waals surface area (Å²) in [4.78, 5) is 16.1. The summed E-state index contributed by atoms with van der Waals surface area (Å²) in [6, 6.07) is 0. The monoisotopic (exact) mass is 204 g/mol. The lowest BCUT2D eigenvalue weighted by atomic mass is 10.9. The minimum Gasteiger partial charge on any atom is -0.303 e. The lowest BCUT2D eigenvalue weighted by Crippen LogP contribution is -1.94. The molecule has 0 amide bonds. The Morgan fingerprint density at radius 3 is 2.12 bits per heavy atom. The predicted octanol–water partition coefficient (Wildman–Crippen LogP) is 0.837. The van der Waals surface area contributed by atoms with Crippen molar-refractivity contribution >= 4 is 23.8 Å². The second-order valence-electron chi connectivity index (χ2n) is 1.14. The van der Waals surface area contributed by atoms with E-state index in [0.717, 1.165) is 0 Å². The van der Waals surface area contributed by atoms with Gasteiger partial charge in [-0.1, -0.05) is 15.9 Å². The third-order valence-electron chi connectivity index (χ3n) is 0.283. The molecular weight excluding hydrogens is 199 g/mol. The quantitative estimate of drug-likeness (QED) is 0.517. The Morgan fingerprint density at radius 2 is 2.12 bits per heavy atom. The van der Waals surface area contributed by atoms with Gasteiger partial charge in [0.1, 0.15) is 5.01 Å². The normalized spacial score (nSPS) is 16.0. The highest BCUT2D eigenvalue weighted by molar-refractivity contribution is 9.09. The first-order chi connectivity index (χ1) is 3.42. The first-order valence-corrected chi connectivity index (χ1v) is 4.24. The lowest BCUT2D eigenvalue weighted by molar-refractivity contribution is 0.194. The van der Waals surface area contributed by atoms with Crippen LogP contribution in [0.4, 0.5) is 0 Å². The van der Waals surface area contributed by atoms with E-state index in [2.05, 4.69) is 20.5 Å². The number of alkyl halides is 1. The molecule has 6 heteroatoms. The third-order valence-corrected chi connectivity index (χ3v) is 1.35. The van der Waals surface area contributed by atoms with Crippen LogP contribution in [-0.2, 0) is 9.09 Å². The molecule has 0 aliphatic carbocycles. The Hall–Kier alpha value is 0.590. The van der Waals surface area contributed by atoms with E-state index in [1.54, 1.807) is 0 Å². The van der Waals surface area contributed by atoms with Crippen molar-refractivity contribution in [3.8, 4) is 0 Å². The molecule has 0 spiro atoms. The van der Waals surface area contributed by atoms with E-state index in [-0.39, 0.29) is 0 Å². The Morgan fingerprint density at radius 1 is 1.75 bits per heavy atom. The molecule has 0 aromatic heterocycles. The van der Waals surface area contributed by atoms with Crippen LogP contribution in [0.1, 0.15) is 6.92 Å². The zero-order valence-electron chi connectivity index (χ0n) is 4.11. The summed E-state index contributed by atoms with van der Waals surface area (Å²) in [6.45, 7) is 1.47. The molecule has 1 unspecified atom stereocenters. The topological polar surface area (TPSA) is 66.8 Å². The van der Waals surface area contributed by atoms with Gasteiger partial charge in [-0.25, -0.2) is 4.57 Å². The molecule has 0 aromatic carbocycles. The zero-order chi connectivity index (χ0) is 6.78. The van der Waals surface area contributed by atoms with Crippen molar-refractivity contribution in [1.82, 2.24) is 0 Å². The molecule has 0 fully saturated rings. The molecular formula is C2H6BrO4P. The van der Waals surface area contributed by atoms with Gasteiger partial charge in [-0.3, -0.25) is 4.52 Å². The van der Waals surface area contributed by atoms with Gasteiger partial charge >= 0.3 is 7.82 Å². The Kier molecular flexibility index (Phi) is 3.16. The van der Waals surface area contributed by atoms with E-state index < -0.39 is 12.8 Å². The Balaban J connectivity index is 3.56. The maximum absolute atomic E-state index is 9.88. The van der Waals surface area contributed by atoms with E-state index in [0.29, 0.717) is 0 Å². The van der Waals surface area contributed by atoms with Crippen LogP contribution >= 0.6 is 23.8 Å². The maximum Gasteiger partial charge on any atom is 0.470 e. The van der Waals surface area contributed by atoms with E-state index in [4.69, 9.17) is 9.79 Å². The van der Waals surface area contributed by atoms with Crippen LogP contribution in [0.3, 0.4) is 0 Å². The molecule has 0 heterocycles. The summed E-state index contributed by atoms with van der Waals surface area (Å²) >= 11 is 2.80. The van der Waals surface area contributed by atoms with Gasteiger partial charge in [0, 0.05) is 0 Å². The second kappa shape index (κ2) is 2.94. The summed E-state index contributed by atoms with van der Waals surface area (Å²) in [5.74, 6) is 0. The van der Waals surface area contributed by atoms with Gasteiger partial charge in [-0.2, -0.15) is 0 Å². The predicted molar refractivity (Wildman–Crippen MR) is 31.5 cm³/mol. The van der Waals surface area contributed by atoms with Gasteiger partial charge in [0.15, 0.2) is 0 Å². The summed E-state index contributed by atoms with van der Waals surface area (Å²) in [5.41, 5.74) is 0. The fourth-order valence-electron chi connectivity index (χ4n) is 0.189. The van der Waals surface area contributed by atoms with E-state index >= 15 is 0 Å². The van der Waals surface area contributed by atoms with Gasteiger partial charge in [0.05, 0.1) is 0 Å². The SMILES string of the molecule is CC(Br)OP(=O)(O)O. The van der Waals surface area contributed by atoms with Gasteiger partial charge < -0.3 is 9.79 Å². The highest BCUT2D eigenvalue weighted by atomic mass is 79.9. The van der Waals surface area contributed by atoms with Crippen molar-refractivity contribution in [3.05, 3.63) is 0 Å². The van der Waals surface area contributed by atoms with Crippen LogP contribution in [-0.4, -0.2) is 14.8 Å². The molecule has 0 rings (SSSR count). The number of halogens is 1. The minimum absolute atomic E-state index is 0.608. The zero-order valence-corrected chi connectivity index (χ0v) is 6.59. The molecule has 2 N–H and O–H groups in total. The summed E-state index contributed by atoms with van der Waals surface area (Å²) in [5, 5.41) is -0.608. The van der Waals surface area contributed by atoms with E-state index in [9.17, 15) is 4.57 Å². The van der Waals surface area contributed by atoms with Crippen LogP contribution < -0.4 is 0 Å². The third kappa shape index (κ3) is 6.59. The van der Waals surface area contributed by atoms with E-state index in [1.165, 1.54) is 6.92 Å². The molecule has 1 atom stereocenters.